The van der Waals surface area contributed by atoms with Gasteiger partial charge in [0.2, 0.25) is 0 Å². The summed E-state index contributed by atoms with van der Waals surface area (Å²) in [6, 6.07) is 6.43. The Bertz CT molecular complexity index is 705. The van der Waals surface area contributed by atoms with Gasteiger partial charge < -0.3 is 15.2 Å². The van der Waals surface area contributed by atoms with Crippen molar-refractivity contribution in [1.82, 2.24) is 10.3 Å². The summed E-state index contributed by atoms with van der Waals surface area (Å²) >= 11 is 6.08. The second-order valence-electron chi connectivity index (χ2n) is 4.80. The number of carboxylic acids is 1. The van der Waals surface area contributed by atoms with Gasteiger partial charge in [-0.3, -0.25) is 14.6 Å². The summed E-state index contributed by atoms with van der Waals surface area (Å²) in [4.78, 5) is 26.5. The van der Waals surface area contributed by atoms with E-state index >= 15 is 0 Å². The number of nitrogens with zero attached hydrogens (tertiary/aromatic N) is 1. The van der Waals surface area contributed by atoms with Gasteiger partial charge in [-0.1, -0.05) is 11.6 Å². The van der Waals surface area contributed by atoms with E-state index in [1.54, 1.807) is 31.3 Å². The fourth-order valence-electron chi connectivity index (χ4n) is 2.00. The molecule has 0 saturated carbocycles. The molecule has 2 aromatic rings. The number of rotatable bonds is 6. The molecular formula is C15H15ClN2O4. The van der Waals surface area contributed by atoms with Crippen LogP contribution < -0.4 is 10.1 Å². The molecule has 1 aromatic heterocycles. The van der Waals surface area contributed by atoms with Crippen molar-refractivity contribution in [1.29, 1.82) is 0 Å². The number of hydrogen-bond donors (Lipinski definition) is 2. The fourth-order valence-corrected chi connectivity index (χ4v) is 2.22. The molecule has 0 saturated heterocycles. The molecule has 7 heteroatoms. The van der Waals surface area contributed by atoms with Crippen LogP contribution in [-0.2, 0) is 9.59 Å². The molecule has 1 amide bonds. The number of ether oxygens (including phenoxy) is 1. The van der Waals surface area contributed by atoms with Crippen molar-refractivity contribution < 1.29 is 19.4 Å². The third-order valence-electron chi connectivity index (χ3n) is 2.93. The van der Waals surface area contributed by atoms with Crippen molar-refractivity contribution in [3.63, 3.8) is 0 Å². The number of benzene rings is 1. The summed E-state index contributed by atoms with van der Waals surface area (Å²) in [5.41, 5.74) is 0.571. The van der Waals surface area contributed by atoms with Crippen LogP contribution in [0.2, 0.25) is 5.02 Å². The summed E-state index contributed by atoms with van der Waals surface area (Å²) < 4.78 is 5.46. The first-order chi connectivity index (χ1) is 10.5. The molecule has 0 aliphatic carbocycles. The number of fused-ring (bicyclic) bond motifs is 1. The van der Waals surface area contributed by atoms with Gasteiger partial charge in [0.05, 0.1) is 11.4 Å². The minimum Gasteiger partial charge on any atom is -0.481 e. The lowest BCUT2D eigenvalue weighted by Gasteiger charge is -2.13. The summed E-state index contributed by atoms with van der Waals surface area (Å²) in [7, 11) is 0. The van der Waals surface area contributed by atoms with Gasteiger partial charge in [-0.2, -0.15) is 0 Å². The molecule has 0 spiro atoms. The Morgan fingerprint density at radius 1 is 1.41 bits per heavy atom. The minimum absolute atomic E-state index is 0.142. The van der Waals surface area contributed by atoms with E-state index in [2.05, 4.69) is 10.3 Å². The van der Waals surface area contributed by atoms with Crippen LogP contribution in [0.5, 0.6) is 5.75 Å². The molecular weight excluding hydrogens is 308 g/mol. The quantitative estimate of drug-likeness (QED) is 0.851. The van der Waals surface area contributed by atoms with E-state index in [0.717, 1.165) is 5.39 Å². The Hall–Kier alpha value is -2.34. The summed E-state index contributed by atoms with van der Waals surface area (Å²) in [6.45, 7) is 1.39. The maximum Gasteiger partial charge on any atom is 0.305 e. The molecule has 0 aliphatic heterocycles. The van der Waals surface area contributed by atoms with Crippen LogP contribution in [0.15, 0.2) is 30.5 Å². The van der Waals surface area contributed by atoms with Crippen molar-refractivity contribution in [3.05, 3.63) is 35.5 Å². The normalized spacial score (nSPS) is 11.9. The van der Waals surface area contributed by atoms with Crippen LogP contribution in [0.25, 0.3) is 10.9 Å². The largest absolute Gasteiger partial charge is 0.481 e. The first-order valence-corrected chi connectivity index (χ1v) is 7.02. The van der Waals surface area contributed by atoms with Crippen molar-refractivity contribution in [2.75, 3.05) is 6.61 Å². The van der Waals surface area contributed by atoms with E-state index < -0.39 is 17.9 Å². The lowest BCUT2D eigenvalue weighted by Crippen LogP contribution is -2.37. The third kappa shape index (κ3) is 4.08. The maximum atomic E-state index is 11.7. The van der Waals surface area contributed by atoms with Gasteiger partial charge in [-0.05, 0) is 31.2 Å². The van der Waals surface area contributed by atoms with Crippen molar-refractivity contribution in [2.24, 2.45) is 0 Å². The van der Waals surface area contributed by atoms with Crippen LogP contribution in [0.1, 0.15) is 13.3 Å². The van der Waals surface area contributed by atoms with Gasteiger partial charge in [-0.15, -0.1) is 0 Å². The predicted molar refractivity (Wildman–Crippen MR) is 82.1 cm³/mol. The van der Waals surface area contributed by atoms with Crippen molar-refractivity contribution in [3.8, 4) is 5.75 Å². The number of amides is 1. The van der Waals surface area contributed by atoms with E-state index in [9.17, 15) is 9.59 Å². The zero-order valence-electron chi connectivity index (χ0n) is 11.9. The van der Waals surface area contributed by atoms with Gasteiger partial charge in [0.15, 0.2) is 6.61 Å². The number of hydrogen-bond acceptors (Lipinski definition) is 4. The average molecular weight is 323 g/mol. The second kappa shape index (κ2) is 7.09. The topological polar surface area (TPSA) is 88.5 Å². The second-order valence-corrected chi connectivity index (χ2v) is 5.21. The number of aliphatic carboxylic acids is 1. The number of aromatic nitrogens is 1. The molecule has 0 radical (unpaired) electrons. The van der Waals surface area contributed by atoms with Gasteiger partial charge in [0, 0.05) is 17.6 Å². The molecule has 1 atom stereocenters. The number of halogens is 1. The van der Waals surface area contributed by atoms with Crippen LogP contribution in [0, 0.1) is 0 Å². The van der Waals surface area contributed by atoms with E-state index in [4.69, 9.17) is 21.4 Å². The molecule has 0 aliphatic rings. The third-order valence-corrected chi connectivity index (χ3v) is 3.26. The molecule has 22 heavy (non-hydrogen) atoms. The van der Waals surface area contributed by atoms with E-state index in [-0.39, 0.29) is 13.0 Å². The van der Waals surface area contributed by atoms with Gasteiger partial charge in [0.25, 0.3) is 5.91 Å². The van der Waals surface area contributed by atoms with Gasteiger partial charge in [0.1, 0.15) is 11.3 Å². The molecule has 0 bridgehead atoms. The highest BCUT2D eigenvalue weighted by Gasteiger charge is 2.13. The van der Waals surface area contributed by atoms with Crippen molar-refractivity contribution >= 4 is 34.4 Å². The summed E-state index contributed by atoms with van der Waals surface area (Å²) in [6.07, 6.45) is 1.47. The number of carboxylic acid groups (broad SMARTS) is 1. The number of nitrogens with one attached hydrogen (secondary N) is 1. The maximum absolute atomic E-state index is 11.7. The molecule has 1 heterocycles. The van der Waals surface area contributed by atoms with E-state index in [1.807, 2.05) is 6.07 Å². The highest BCUT2D eigenvalue weighted by atomic mass is 35.5. The number of carbonyl (C=O) groups is 2. The Morgan fingerprint density at radius 2 is 2.18 bits per heavy atom. The molecule has 2 rings (SSSR count). The zero-order chi connectivity index (χ0) is 16.1. The van der Waals surface area contributed by atoms with Crippen LogP contribution in [0.4, 0.5) is 0 Å². The minimum atomic E-state index is -0.971. The molecule has 0 fully saturated rings. The highest BCUT2D eigenvalue weighted by Crippen LogP contribution is 2.29. The zero-order valence-corrected chi connectivity index (χ0v) is 12.6. The van der Waals surface area contributed by atoms with E-state index in [1.165, 1.54) is 0 Å². The standard InChI is InChI=1S/C15H15ClN2O4/c1-9(7-14(20)21)18-13(19)8-22-12-5-4-11(16)10-3-2-6-17-15(10)12/h2-6,9H,7-8H2,1H3,(H,18,19)(H,20,21). The first kappa shape index (κ1) is 16.0. The molecule has 6 nitrogen and oxygen atoms in total. The van der Waals surface area contributed by atoms with Gasteiger partial charge >= 0.3 is 5.97 Å². The molecule has 1 aromatic carbocycles. The summed E-state index contributed by atoms with van der Waals surface area (Å²) in [5.74, 6) is -0.921. The van der Waals surface area contributed by atoms with Crippen LogP contribution >= 0.6 is 11.6 Å². The lowest BCUT2D eigenvalue weighted by atomic mass is 10.2. The van der Waals surface area contributed by atoms with Crippen molar-refractivity contribution in [2.45, 2.75) is 19.4 Å². The first-order valence-electron chi connectivity index (χ1n) is 6.64. The molecule has 1 unspecified atom stereocenters. The highest BCUT2D eigenvalue weighted by molar-refractivity contribution is 6.35. The average Bonchev–Trinajstić information content (AvgIpc) is 2.46. The Balaban J connectivity index is 2.02. The lowest BCUT2D eigenvalue weighted by molar-refractivity contribution is -0.137. The fraction of sp³-hybridized carbons (Fsp3) is 0.267. The molecule has 2 N–H and O–H groups in total. The number of pyridine rings is 1. The number of carbonyl (C=O) groups excluding carboxylic acids is 1. The van der Waals surface area contributed by atoms with Crippen LogP contribution in [-0.4, -0.2) is 34.6 Å². The van der Waals surface area contributed by atoms with Crippen LogP contribution in [0.3, 0.4) is 0 Å². The van der Waals surface area contributed by atoms with E-state index in [0.29, 0.717) is 16.3 Å². The molecule has 116 valence electrons. The Kier molecular flexibility index (Phi) is 5.16. The van der Waals surface area contributed by atoms with Gasteiger partial charge in [-0.25, -0.2) is 0 Å². The Labute approximate surface area is 132 Å². The smallest absolute Gasteiger partial charge is 0.305 e. The predicted octanol–water partition coefficient (Wildman–Crippen LogP) is 2.25. The summed E-state index contributed by atoms with van der Waals surface area (Å²) in [5, 5.41) is 12.5. The Morgan fingerprint density at radius 3 is 2.91 bits per heavy atom. The monoisotopic (exact) mass is 322 g/mol. The SMILES string of the molecule is CC(CC(=O)O)NC(=O)COc1ccc(Cl)c2cccnc12.